The molecule has 6 nitrogen and oxygen atoms in total. The highest BCUT2D eigenvalue weighted by Crippen LogP contribution is 2.30. The first-order chi connectivity index (χ1) is 11.3. The van der Waals surface area contributed by atoms with E-state index in [0.717, 1.165) is 25.2 Å². The Balaban J connectivity index is 1.37. The normalized spacial score (nSPS) is 19.0. The first-order valence-electron chi connectivity index (χ1n) is 7.97. The Hall–Kier alpha value is -2.50. The maximum Gasteiger partial charge on any atom is 0.251 e. The van der Waals surface area contributed by atoms with E-state index in [-0.39, 0.29) is 5.91 Å². The van der Waals surface area contributed by atoms with Gasteiger partial charge in [-0.3, -0.25) is 4.79 Å². The molecule has 3 heterocycles. The number of hydrogen-bond donors (Lipinski definition) is 1. The van der Waals surface area contributed by atoms with E-state index >= 15 is 0 Å². The van der Waals surface area contributed by atoms with Crippen LogP contribution in [-0.2, 0) is 13.0 Å². The van der Waals surface area contributed by atoms with Gasteiger partial charge in [0.2, 0.25) is 0 Å². The summed E-state index contributed by atoms with van der Waals surface area (Å²) in [5.41, 5.74) is 0.605. The summed E-state index contributed by atoms with van der Waals surface area (Å²) in [6.07, 6.45) is 5.87. The minimum atomic E-state index is -0.0709. The molecule has 0 saturated heterocycles. The first kappa shape index (κ1) is 14.1. The summed E-state index contributed by atoms with van der Waals surface area (Å²) in [5, 5.41) is 3.03. The van der Waals surface area contributed by atoms with Gasteiger partial charge in [-0.05, 0) is 30.5 Å². The maximum absolute atomic E-state index is 12.3. The van der Waals surface area contributed by atoms with Crippen LogP contribution < -0.4 is 14.8 Å². The fraction of sp³-hybridized carbons (Fsp3) is 0.412. The van der Waals surface area contributed by atoms with Crippen molar-refractivity contribution < 1.29 is 14.3 Å². The summed E-state index contributed by atoms with van der Waals surface area (Å²) in [7, 11) is 0. The van der Waals surface area contributed by atoms with Gasteiger partial charge in [-0.1, -0.05) is 0 Å². The topological polar surface area (TPSA) is 65.4 Å². The van der Waals surface area contributed by atoms with Crippen LogP contribution >= 0.6 is 0 Å². The van der Waals surface area contributed by atoms with Gasteiger partial charge in [-0.25, -0.2) is 4.98 Å². The second-order valence-corrected chi connectivity index (χ2v) is 5.97. The van der Waals surface area contributed by atoms with Crippen molar-refractivity contribution >= 4 is 5.91 Å². The van der Waals surface area contributed by atoms with E-state index in [9.17, 15) is 4.79 Å². The van der Waals surface area contributed by atoms with Crippen molar-refractivity contribution in [1.29, 1.82) is 0 Å². The zero-order valence-electron chi connectivity index (χ0n) is 12.8. The van der Waals surface area contributed by atoms with Crippen LogP contribution in [0.1, 0.15) is 22.6 Å². The summed E-state index contributed by atoms with van der Waals surface area (Å²) in [6, 6.07) is 5.32. The van der Waals surface area contributed by atoms with Gasteiger partial charge in [0.1, 0.15) is 19.0 Å². The van der Waals surface area contributed by atoms with Crippen LogP contribution in [0, 0.1) is 5.92 Å². The summed E-state index contributed by atoms with van der Waals surface area (Å²) in [5.74, 6) is 2.85. The maximum atomic E-state index is 12.3. The van der Waals surface area contributed by atoms with Gasteiger partial charge in [-0.2, -0.15) is 0 Å². The van der Waals surface area contributed by atoms with Crippen LogP contribution in [-0.4, -0.2) is 35.2 Å². The highest BCUT2D eigenvalue weighted by Gasteiger charge is 2.20. The number of carbonyl (C=O) groups is 1. The van der Waals surface area contributed by atoms with Crippen LogP contribution in [0.25, 0.3) is 0 Å². The lowest BCUT2D eigenvalue weighted by atomic mass is 9.99. The summed E-state index contributed by atoms with van der Waals surface area (Å²) < 4.78 is 13.2. The van der Waals surface area contributed by atoms with Gasteiger partial charge in [-0.15, -0.1) is 0 Å². The molecule has 1 aromatic carbocycles. The third-order valence-corrected chi connectivity index (χ3v) is 4.39. The molecule has 0 radical (unpaired) electrons. The number of amides is 1. The monoisotopic (exact) mass is 313 g/mol. The quantitative estimate of drug-likeness (QED) is 0.936. The number of carbonyl (C=O) groups excluding carboxylic acids is 1. The number of imidazole rings is 1. The van der Waals surface area contributed by atoms with E-state index in [1.54, 1.807) is 18.2 Å². The number of aryl methyl sites for hydroxylation is 1. The molecule has 2 aromatic rings. The number of hydrogen-bond acceptors (Lipinski definition) is 4. The molecule has 0 spiro atoms. The van der Waals surface area contributed by atoms with Gasteiger partial charge in [0.05, 0.1) is 0 Å². The fourth-order valence-electron chi connectivity index (χ4n) is 3.13. The van der Waals surface area contributed by atoms with E-state index in [0.29, 0.717) is 42.7 Å². The molecule has 0 fully saturated rings. The van der Waals surface area contributed by atoms with E-state index in [4.69, 9.17) is 9.47 Å². The summed E-state index contributed by atoms with van der Waals surface area (Å²) in [4.78, 5) is 16.7. The van der Waals surface area contributed by atoms with Gasteiger partial charge >= 0.3 is 0 Å². The highest BCUT2D eigenvalue weighted by molar-refractivity contribution is 5.94. The Labute approximate surface area is 134 Å². The molecular formula is C17H19N3O3. The molecule has 1 amide bonds. The Morgan fingerprint density at radius 3 is 3.09 bits per heavy atom. The van der Waals surface area contributed by atoms with Gasteiger partial charge < -0.3 is 19.4 Å². The second-order valence-electron chi connectivity index (χ2n) is 5.97. The molecule has 2 aliphatic rings. The number of nitrogens with one attached hydrogen (secondary N) is 1. The molecule has 120 valence electrons. The number of nitrogens with zero attached hydrogens (tertiary/aromatic N) is 2. The molecule has 2 aliphatic heterocycles. The summed E-state index contributed by atoms with van der Waals surface area (Å²) in [6.45, 7) is 2.66. The predicted octanol–water partition coefficient (Wildman–Crippen LogP) is 1.65. The van der Waals surface area contributed by atoms with E-state index in [1.807, 2.05) is 12.4 Å². The van der Waals surface area contributed by atoms with Crippen molar-refractivity contribution in [3.8, 4) is 11.5 Å². The molecule has 23 heavy (non-hydrogen) atoms. The smallest absolute Gasteiger partial charge is 0.251 e. The fourth-order valence-corrected chi connectivity index (χ4v) is 3.13. The Morgan fingerprint density at radius 2 is 2.17 bits per heavy atom. The van der Waals surface area contributed by atoms with Crippen LogP contribution in [0.4, 0.5) is 0 Å². The molecule has 6 heteroatoms. The van der Waals surface area contributed by atoms with Crippen molar-refractivity contribution in [2.24, 2.45) is 5.92 Å². The van der Waals surface area contributed by atoms with Crippen molar-refractivity contribution in [2.75, 3.05) is 19.8 Å². The third-order valence-electron chi connectivity index (χ3n) is 4.39. The Bertz CT molecular complexity index is 726. The first-order valence-corrected chi connectivity index (χ1v) is 7.97. The Kier molecular flexibility index (Phi) is 3.65. The average molecular weight is 313 g/mol. The Morgan fingerprint density at radius 1 is 1.30 bits per heavy atom. The third kappa shape index (κ3) is 2.88. The molecule has 1 aromatic heterocycles. The van der Waals surface area contributed by atoms with Crippen LogP contribution in [0.15, 0.2) is 30.6 Å². The largest absolute Gasteiger partial charge is 0.486 e. The number of benzene rings is 1. The molecule has 0 bridgehead atoms. The second kappa shape index (κ2) is 5.95. The molecule has 1 unspecified atom stereocenters. The van der Waals surface area contributed by atoms with Gasteiger partial charge in [0.25, 0.3) is 5.91 Å². The van der Waals surface area contributed by atoms with E-state index < -0.39 is 0 Å². The number of ether oxygens (including phenoxy) is 2. The number of aromatic nitrogens is 2. The number of fused-ring (bicyclic) bond motifs is 2. The lowest BCUT2D eigenvalue weighted by Gasteiger charge is -2.24. The number of rotatable bonds is 3. The van der Waals surface area contributed by atoms with Crippen molar-refractivity contribution in [2.45, 2.75) is 19.4 Å². The molecule has 0 saturated carbocycles. The van der Waals surface area contributed by atoms with Crippen molar-refractivity contribution in [3.63, 3.8) is 0 Å². The summed E-state index contributed by atoms with van der Waals surface area (Å²) >= 11 is 0. The SMILES string of the molecule is O=C(NCC1CCc2nccn2C1)c1ccc2c(c1)OCCO2. The van der Waals surface area contributed by atoms with E-state index in [1.165, 1.54) is 0 Å². The lowest BCUT2D eigenvalue weighted by molar-refractivity contribution is 0.0942. The van der Waals surface area contributed by atoms with Crippen molar-refractivity contribution in [3.05, 3.63) is 42.0 Å². The molecule has 1 atom stereocenters. The lowest BCUT2D eigenvalue weighted by Crippen LogP contribution is -2.33. The molecule has 1 N–H and O–H groups in total. The van der Waals surface area contributed by atoms with Crippen LogP contribution in [0.3, 0.4) is 0 Å². The highest BCUT2D eigenvalue weighted by atomic mass is 16.6. The van der Waals surface area contributed by atoms with Gasteiger partial charge in [0.15, 0.2) is 11.5 Å². The van der Waals surface area contributed by atoms with Crippen LogP contribution in [0.5, 0.6) is 11.5 Å². The van der Waals surface area contributed by atoms with E-state index in [2.05, 4.69) is 14.9 Å². The van der Waals surface area contributed by atoms with Gasteiger partial charge in [0, 0.05) is 37.5 Å². The zero-order valence-corrected chi connectivity index (χ0v) is 12.8. The minimum Gasteiger partial charge on any atom is -0.486 e. The average Bonchev–Trinajstić information content (AvgIpc) is 3.07. The molecule has 4 rings (SSSR count). The molecular weight excluding hydrogens is 294 g/mol. The minimum absolute atomic E-state index is 0.0709. The zero-order chi connectivity index (χ0) is 15.6. The molecule has 0 aliphatic carbocycles. The standard InChI is InChI=1S/C17H19N3O3/c21-17(13-2-3-14-15(9-13)23-8-7-22-14)19-10-12-1-4-16-18-5-6-20(16)11-12/h2-3,5-6,9,12H,1,4,7-8,10-11H2,(H,19,21). The predicted molar refractivity (Wildman–Crippen MR) is 83.8 cm³/mol. The van der Waals surface area contributed by atoms with Crippen LogP contribution in [0.2, 0.25) is 0 Å². The van der Waals surface area contributed by atoms with Crippen molar-refractivity contribution in [1.82, 2.24) is 14.9 Å².